The van der Waals surface area contributed by atoms with Gasteiger partial charge in [0.05, 0.1) is 0 Å². The number of benzene rings is 2. The van der Waals surface area contributed by atoms with Gasteiger partial charge in [0.1, 0.15) is 22.0 Å². The number of carbonyl (C=O) groups excluding carboxylic acids is 1. The second kappa shape index (κ2) is 7.59. The summed E-state index contributed by atoms with van der Waals surface area (Å²) in [7, 11) is 0. The van der Waals surface area contributed by atoms with Crippen LogP contribution in [0, 0.1) is 5.82 Å². The minimum atomic E-state index is -0.331. The summed E-state index contributed by atoms with van der Waals surface area (Å²) in [5, 5.41) is 8.75. The van der Waals surface area contributed by atoms with E-state index in [0.717, 1.165) is 21.5 Å². The van der Waals surface area contributed by atoms with Crippen LogP contribution in [-0.2, 0) is 11.3 Å². The summed E-state index contributed by atoms with van der Waals surface area (Å²) in [5.41, 5.74) is 3.05. The number of hydrogen-bond donors (Lipinski definition) is 1. The molecular weight excluding hydrogens is 367 g/mol. The Balaban J connectivity index is 1.37. The number of ether oxygens (including phenoxy) is 1. The highest BCUT2D eigenvalue weighted by Gasteiger charge is 2.12. The van der Waals surface area contributed by atoms with Gasteiger partial charge in [0.25, 0.3) is 5.91 Å². The summed E-state index contributed by atoms with van der Waals surface area (Å²) in [6.07, 6.45) is 0. The smallest absolute Gasteiger partial charge is 0.258 e. The third kappa shape index (κ3) is 3.98. The third-order valence-corrected chi connectivity index (χ3v) is 4.84. The monoisotopic (exact) mass is 382 g/mol. The third-order valence-electron chi connectivity index (χ3n) is 3.94. The number of thiophene rings is 1. The molecule has 0 aliphatic rings. The molecule has 1 N–H and O–H groups in total. The maximum absolute atomic E-state index is 13.1. The molecule has 27 heavy (non-hydrogen) atoms. The first kappa shape index (κ1) is 17.2. The molecule has 2 aromatic carbocycles. The van der Waals surface area contributed by atoms with E-state index in [1.54, 1.807) is 29.5 Å². The van der Waals surface area contributed by atoms with Crippen LogP contribution in [0.3, 0.4) is 0 Å². The Morgan fingerprint density at radius 2 is 2.07 bits per heavy atom. The van der Waals surface area contributed by atoms with Crippen molar-refractivity contribution >= 4 is 27.5 Å². The van der Waals surface area contributed by atoms with Crippen molar-refractivity contribution in [2.24, 2.45) is 0 Å². The zero-order chi connectivity index (χ0) is 18.6. The minimum Gasteiger partial charge on any atom is -0.484 e. The summed E-state index contributed by atoms with van der Waals surface area (Å²) in [6.45, 7) is 0.112. The Morgan fingerprint density at radius 1 is 1.19 bits per heavy atom. The molecule has 0 saturated carbocycles. The van der Waals surface area contributed by atoms with Crippen molar-refractivity contribution in [1.82, 2.24) is 10.5 Å². The second-order valence-electron chi connectivity index (χ2n) is 5.87. The largest absolute Gasteiger partial charge is 0.484 e. The first-order chi connectivity index (χ1) is 13.2. The van der Waals surface area contributed by atoms with Crippen LogP contribution in [0.1, 0.15) is 5.56 Å². The molecule has 0 saturated heterocycles. The van der Waals surface area contributed by atoms with Crippen molar-refractivity contribution < 1.29 is 18.4 Å². The molecule has 7 heteroatoms. The van der Waals surface area contributed by atoms with Gasteiger partial charge in [-0.25, -0.2) is 4.39 Å². The van der Waals surface area contributed by atoms with Gasteiger partial charge in [0, 0.05) is 12.1 Å². The van der Waals surface area contributed by atoms with Crippen molar-refractivity contribution in [1.29, 1.82) is 0 Å². The van der Waals surface area contributed by atoms with Crippen molar-refractivity contribution in [2.75, 3.05) is 6.61 Å². The number of halogens is 1. The molecule has 0 aliphatic heterocycles. The van der Waals surface area contributed by atoms with Crippen LogP contribution in [0.15, 0.2) is 64.5 Å². The molecule has 0 spiro atoms. The Bertz CT molecular complexity index is 1090. The molecule has 0 unspecified atom stereocenters. The van der Waals surface area contributed by atoms with Gasteiger partial charge >= 0.3 is 0 Å². The minimum absolute atomic E-state index is 0.133. The van der Waals surface area contributed by atoms with Gasteiger partial charge < -0.3 is 14.6 Å². The summed E-state index contributed by atoms with van der Waals surface area (Å²) in [6, 6.07) is 15.3. The number of fused-ring (bicyclic) bond motifs is 1. The molecule has 0 aliphatic carbocycles. The summed E-state index contributed by atoms with van der Waals surface area (Å²) in [5.74, 6) is -0.0598. The number of nitrogens with zero attached hydrogens (tertiary/aromatic N) is 1. The Kier molecular flexibility index (Phi) is 4.84. The molecule has 1 amide bonds. The quantitative estimate of drug-likeness (QED) is 0.537. The van der Waals surface area contributed by atoms with Crippen molar-refractivity contribution in [2.45, 2.75) is 6.54 Å². The number of amides is 1. The standard InChI is InChI=1S/C20H15FN2O3S/c21-15-5-1-3-13(9-15)11-22-18(24)12-25-16-6-2-4-14(10-16)19-20-17(26-23-19)7-8-27-20/h1-10H,11-12H2,(H,22,24). The van der Waals surface area contributed by atoms with Gasteiger partial charge in [-0.2, -0.15) is 0 Å². The predicted molar refractivity (Wildman–Crippen MR) is 101 cm³/mol. The zero-order valence-corrected chi connectivity index (χ0v) is 15.0. The van der Waals surface area contributed by atoms with Gasteiger partial charge in [0.15, 0.2) is 12.2 Å². The molecule has 0 bridgehead atoms. The van der Waals surface area contributed by atoms with Crippen LogP contribution in [0.5, 0.6) is 5.75 Å². The predicted octanol–water partition coefficient (Wildman–Crippen LogP) is 4.39. The van der Waals surface area contributed by atoms with Crippen LogP contribution in [-0.4, -0.2) is 17.7 Å². The number of aromatic nitrogens is 1. The van der Waals surface area contributed by atoms with Crippen molar-refractivity contribution in [3.8, 4) is 17.0 Å². The van der Waals surface area contributed by atoms with Gasteiger partial charge in [-0.05, 0) is 41.3 Å². The molecule has 136 valence electrons. The highest BCUT2D eigenvalue weighted by atomic mass is 32.1. The molecule has 4 rings (SSSR count). The Labute approximate surface area is 158 Å². The number of nitrogens with one attached hydrogen (secondary N) is 1. The average molecular weight is 382 g/mol. The molecule has 2 heterocycles. The first-order valence-corrected chi connectivity index (χ1v) is 9.14. The van der Waals surface area contributed by atoms with Crippen LogP contribution in [0.2, 0.25) is 0 Å². The van der Waals surface area contributed by atoms with E-state index < -0.39 is 0 Å². The van der Waals surface area contributed by atoms with E-state index in [9.17, 15) is 9.18 Å². The van der Waals surface area contributed by atoms with E-state index in [2.05, 4.69) is 10.5 Å². The molecular formula is C20H15FN2O3S. The summed E-state index contributed by atoms with van der Waals surface area (Å²) in [4.78, 5) is 12.0. The lowest BCUT2D eigenvalue weighted by Crippen LogP contribution is -2.28. The van der Waals surface area contributed by atoms with Crippen LogP contribution >= 0.6 is 11.3 Å². The lowest BCUT2D eigenvalue weighted by atomic mass is 10.1. The van der Waals surface area contributed by atoms with Gasteiger partial charge in [-0.3, -0.25) is 4.79 Å². The average Bonchev–Trinajstić information content (AvgIpc) is 3.29. The normalized spacial score (nSPS) is 10.9. The number of hydrogen-bond acceptors (Lipinski definition) is 5. The van der Waals surface area contributed by atoms with E-state index in [1.807, 2.05) is 29.6 Å². The van der Waals surface area contributed by atoms with Crippen molar-refractivity contribution in [3.63, 3.8) is 0 Å². The van der Waals surface area contributed by atoms with E-state index in [4.69, 9.17) is 9.26 Å². The Morgan fingerprint density at radius 3 is 2.96 bits per heavy atom. The summed E-state index contributed by atoms with van der Waals surface area (Å²) >= 11 is 1.56. The molecule has 0 fully saturated rings. The van der Waals surface area contributed by atoms with Gasteiger partial charge in [-0.15, -0.1) is 11.3 Å². The van der Waals surface area contributed by atoms with E-state index in [-0.39, 0.29) is 24.9 Å². The molecule has 4 aromatic rings. The van der Waals surface area contributed by atoms with Crippen molar-refractivity contribution in [3.05, 3.63) is 71.4 Å². The fourth-order valence-electron chi connectivity index (χ4n) is 2.64. The van der Waals surface area contributed by atoms with E-state index in [1.165, 1.54) is 12.1 Å². The van der Waals surface area contributed by atoms with E-state index >= 15 is 0 Å². The maximum Gasteiger partial charge on any atom is 0.258 e. The van der Waals surface area contributed by atoms with Gasteiger partial charge in [0.2, 0.25) is 0 Å². The van der Waals surface area contributed by atoms with Crippen LogP contribution in [0.4, 0.5) is 4.39 Å². The zero-order valence-electron chi connectivity index (χ0n) is 14.1. The molecule has 0 atom stereocenters. The van der Waals surface area contributed by atoms with Crippen LogP contribution < -0.4 is 10.1 Å². The van der Waals surface area contributed by atoms with Crippen LogP contribution in [0.25, 0.3) is 21.5 Å². The SMILES string of the molecule is O=C(COc1cccc(-c2noc3ccsc23)c1)NCc1cccc(F)c1. The Hall–Kier alpha value is -3.19. The topological polar surface area (TPSA) is 64.4 Å². The molecule has 5 nitrogen and oxygen atoms in total. The molecule has 2 aromatic heterocycles. The van der Waals surface area contributed by atoms with E-state index in [0.29, 0.717) is 11.3 Å². The number of carbonyl (C=O) groups is 1. The second-order valence-corrected chi connectivity index (χ2v) is 6.78. The fraction of sp³-hybridized carbons (Fsp3) is 0.100. The lowest BCUT2D eigenvalue weighted by Gasteiger charge is -2.08. The van der Waals surface area contributed by atoms with Gasteiger partial charge in [-0.1, -0.05) is 29.4 Å². The molecule has 0 radical (unpaired) electrons. The first-order valence-electron chi connectivity index (χ1n) is 8.26. The maximum atomic E-state index is 13.1. The highest BCUT2D eigenvalue weighted by molar-refractivity contribution is 7.17. The fourth-order valence-corrected chi connectivity index (χ4v) is 3.46. The number of rotatable bonds is 6. The summed E-state index contributed by atoms with van der Waals surface area (Å²) < 4.78 is 25.0. The lowest BCUT2D eigenvalue weighted by molar-refractivity contribution is -0.123. The highest BCUT2D eigenvalue weighted by Crippen LogP contribution is 2.33.